The minimum Gasteiger partial charge on any atom is -0.413 e. The predicted molar refractivity (Wildman–Crippen MR) is 99.0 cm³/mol. The van der Waals surface area contributed by atoms with Gasteiger partial charge in [-0.2, -0.15) is 0 Å². The molecule has 1 aliphatic carbocycles. The second-order valence-corrected chi connectivity index (χ2v) is 14.0. The highest BCUT2D eigenvalue weighted by Crippen LogP contribution is 2.48. The molecular formula is C19H34O5Si. The highest BCUT2D eigenvalue weighted by molar-refractivity contribution is 6.74. The maximum Gasteiger partial charge on any atom is 0.192 e. The average Bonchev–Trinajstić information content (AvgIpc) is 2.95. The zero-order valence-corrected chi connectivity index (χ0v) is 17.6. The van der Waals surface area contributed by atoms with Gasteiger partial charge in [0.15, 0.2) is 14.1 Å². The number of hydrogen-bond acceptors (Lipinski definition) is 5. The van der Waals surface area contributed by atoms with E-state index in [-0.39, 0.29) is 23.3 Å². The number of carbonyl (C=O) groups excluding carboxylic acids is 2. The largest absolute Gasteiger partial charge is 0.413 e. The van der Waals surface area contributed by atoms with Crippen molar-refractivity contribution in [3.63, 3.8) is 0 Å². The summed E-state index contributed by atoms with van der Waals surface area (Å²) in [5, 5.41) is 0.0550. The third-order valence-corrected chi connectivity index (χ3v) is 10.9. The Morgan fingerprint density at radius 1 is 1.24 bits per heavy atom. The third-order valence-electron chi connectivity index (χ3n) is 6.41. The molecule has 144 valence electrons. The SMILES string of the molecule is CC(C)(C)[Si](C)(C)O[C@@H](CCC=O)[C@@]1(C)CCC2(CC1=O)OCCO2. The van der Waals surface area contributed by atoms with Crippen LogP contribution in [0.2, 0.25) is 18.1 Å². The van der Waals surface area contributed by atoms with Crippen molar-refractivity contribution in [1.29, 1.82) is 0 Å². The average molecular weight is 371 g/mol. The number of carbonyl (C=O) groups is 2. The molecule has 2 atom stereocenters. The zero-order valence-electron chi connectivity index (χ0n) is 16.6. The monoisotopic (exact) mass is 370 g/mol. The minimum absolute atomic E-state index is 0.0550. The molecule has 0 unspecified atom stereocenters. The first-order valence-corrected chi connectivity index (χ1v) is 12.3. The molecule has 0 amide bonds. The van der Waals surface area contributed by atoms with Crippen molar-refractivity contribution >= 4 is 20.4 Å². The predicted octanol–water partition coefficient (Wildman–Crippen LogP) is 3.86. The van der Waals surface area contributed by atoms with Crippen LogP contribution >= 0.6 is 0 Å². The van der Waals surface area contributed by atoms with Crippen LogP contribution in [0.4, 0.5) is 0 Å². The topological polar surface area (TPSA) is 61.8 Å². The number of aldehydes is 1. The van der Waals surface area contributed by atoms with Crippen molar-refractivity contribution in [1.82, 2.24) is 0 Å². The molecule has 0 aromatic rings. The van der Waals surface area contributed by atoms with Gasteiger partial charge in [0, 0.05) is 12.8 Å². The van der Waals surface area contributed by atoms with Crippen molar-refractivity contribution in [2.24, 2.45) is 5.41 Å². The number of hydrogen-bond donors (Lipinski definition) is 0. The van der Waals surface area contributed by atoms with Crippen molar-refractivity contribution in [2.75, 3.05) is 13.2 Å². The number of Topliss-reactive ketones (excluding diaryl/α,β-unsaturated/α-hetero) is 1. The second kappa shape index (κ2) is 7.22. The Labute approximate surface area is 152 Å². The summed E-state index contributed by atoms with van der Waals surface area (Å²) in [5.41, 5.74) is -0.584. The smallest absolute Gasteiger partial charge is 0.192 e. The van der Waals surface area contributed by atoms with Gasteiger partial charge < -0.3 is 18.7 Å². The lowest BCUT2D eigenvalue weighted by Gasteiger charge is -2.48. The van der Waals surface area contributed by atoms with E-state index in [1.807, 2.05) is 6.92 Å². The molecule has 1 saturated carbocycles. The van der Waals surface area contributed by atoms with Crippen LogP contribution in [-0.4, -0.2) is 45.5 Å². The highest BCUT2D eigenvalue weighted by atomic mass is 28.4. The molecule has 1 heterocycles. The first kappa shape index (κ1) is 20.7. The molecule has 25 heavy (non-hydrogen) atoms. The summed E-state index contributed by atoms with van der Waals surface area (Å²) in [6.45, 7) is 14.1. The van der Waals surface area contributed by atoms with Gasteiger partial charge in [-0.3, -0.25) is 4.79 Å². The fourth-order valence-corrected chi connectivity index (χ4v) is 4.91. The minimum atomic E-state index is -2.05. The van der Waals surface area contributed by atoms with Gasteiger partial charge in [-0.25, -0.2) is 0 Å². The molecule has 0 aromatic heterocycles. The summed E-state index contributed by atoms with van der Waals surface area (Å²) in [6.07, 6.45) is 3.35. The van der Waals surface area contributed by atoms with E-state index < -0.39 is 19.5 Å². The van der Waals surface area contributed by atoms with E-state index in [1.54, 1.807) is 0 Å². The summed E-state index contributed by atoms with van der Waals surface area (Å²) >= 11 is 0. The van der Waals surface area contributed by atoms with E-state index in [0.717, 1.165) is 6.29 Å². The van der Waals surface area contributed by atoms with Gasteiger partial charge >= 0.3 is 0 Å². The van der Waals surface area contributed by atoms with Gasteiger partial charge in [0.1, 0.15) is 12.1 Å². The Morgan fingerprint density at radius 3 is 2.32 bits per heavy atom. The quantitative estimate of drug-likeness (QED) is 0.525. The van der Waals surface area contributed by atoms with E-state index in [1.165, 1.54) is 0 Å². The summed E-state index contributed by atoms with van der Waals surface area (Å²) < 4.78 is 18.1. The molecule has 2 aliphatic rings. The Balaban J connectivity index is 2.21. The lowest BCUT2D eigenvalue weighted by Crippen LogP contribution is -2.55. The van der Waals surface area contributed by atoms with Crippen LogP contribution in [0, 0.1) is 5.41 Å². The lowest BCUT2D eigenvalue weighted by molar-refractivity contribution is -0.198. The molecule has 6 heteroatoms. The van der Waals surface area contributed by atoms with Crippen LogP contribution in [-0.2, 0) is 23.5 Å². The van der Waals surface area contributed by atoms with E-state index >= 15 is 0 Å². The van der Waals surface area contributed by atoms with Gasteiger partial charge in [-0.1, -0.05) is 27.7 Å². The van der Waals surface area contributed by atoms with Crippen LogP contribution in [0.15, 0.2) is 0 Å². The van der Waals surface area contributed by atoms with Gasteiger partial charge in [-0.15, -0.1) is 0 Å². The Bertz CT molecular complexity index is 504. The van der Waals surface area contributed by atoms with Gasteiger partial charge in [0.2, 0.25) is 0 Å². The lowest BCUT2D eigenvalue weighted by atomic mass is 9.68. The van der Waals surface area contributed by atoms with Gasteiger partial charge in [0.25, 0.3) is 0 Å². The molecule has 0 radical (unpaired) electrons. The highest BCUT2D eigenvalue weighted by Gasteiger charge is 2.54. The maximum absolute atomic E-state index is 13.1. The molecule has 0 aromatic carbocycles. The number of ketones is 1. The maximum atomic E-state index is 13.1. The van der Waals surface area contributed by atoms with Crippen LogP contribution < -0.4 is 0 Å². The number of rotatable bonds is 6. The molecule has 5 nitrogen and oxygen atoms in total. The molecular weight excluding hydrogens is 336 g/mol. The Kier molecular flexibility index (Phi) is 5.99. The summed E-state index contributed by atoms with van der Waals surface area (Å²) in [5.74, 6) is -0.585. The summed E-state index contributed by atoms with van der Waals surface area (Å²) in [6, 6.07) is 0. The fourth-order valence-electron chi connectivity index (χ4n) is 3.47. The first-order chi connectivity index (χ1) is 11.5. The number of ether oxygens (including phenoxy) is 2. The Morgan fingerprint density at radius 2 is 1.84 bits per heavy atom. The molecule has 1 spiro atoms. The van der Waals surface area contributed by atoms with Crippen molar-refractivity contribution in [2.45, 2.75) is 89.8 Å². The molecule has 2 rings (SSSR count). The van der Waals surface area contributed by atoms with E-state index in [2.05, 4.69) is 33.9 Å². The van der Waals surface area contributed by atoms with Crippen molar-refractivity contribution in [3.8, 4) is 0 Å². The molecule has 1 aliphatic heterocycles. The van der Waals surface area contributed by atoms with E-state index in [0.29, 0.717) is 38.9 Å². The Hall–Kier alpha value is -0.563. The van der Waals surface area contributed by atoms with E-state index in [4.69, 9.17) is 13.9 Å². The van der Waals surface area contributed by atoms with Crippen LogP contribution in [0.3, 0.4) is 0 Å². The first-order valence-electron chi connectivity index (χ1n) is 9.38. The van der Waals surface area contributed by atoms with Crippen molar-refractivity contribution < 1.29 is 23.5 Å². The summed E-state index contributed by atoms with van der Waals surface area (Å²) in [7, 11) is -2.05. The molecule has 1 saturated heterocycles. The second-order valence-electron chi connectivity index (χ2n) is 9.24. The van der Waals surface area contributed by atoms with Gasteiger partial charge in [-0.05, 0) is 31.0 Å². The molecule has 2 fully saturated rings. The standard InChI is InChI=1S/C19H34O5Si/c1-17(2,3)25(5,6)24-16(8-7-11-20)18(4)9-10-19(14-15(18)21)22-12-13-23-19/h11,16H,7-10,12-14H2,1-6H3/t16-,18-/m0/s1. The molecule has 0 bridgehead atoms. The fraction of sp³-hybridized carbons (Fsp3) is 0.895. The zero-order chi connectivity index (χ0) is 18.9. The third kappa shape index (κ3) is 4.23. The van der Waals surface area contributed by atoms with Crippen LogP contribution in [0.5, 0.6) is 0 Å². The van der Waals surface area contributed by atoms with Crippen LogP contribution in [0.1, 0.15) is 59.8 Å². The van der Waals surface area contributed by atoms with Crippen LogP contribution in [0.25, 0.3) is 0 Å². The summed E-state index contributed by atoms with van der Waals surface area (Å²) in [4.78, 5) is 24.1. The van der Waals surface area contributed by atoms with Gasteiger partial charge in [0.05, 0.1) is 31.2 Å². The van der Waals surface area contributed by atoms with E-state index in [9.17, 15) is 9.59 Å². The molecule has 0 N–H and O–H groups in total. The van der Waals surface area contributed by atoms with Crippen molar-refractivity contribution in [3.05, 3.63) is 0 Å². The normalized spacial score (nSPS) is 28.3.